The van der Waals surface area contributed by atoms with E-state index < -0.39 is 5.09 Å². The van der Waals surface area contributed by atoms with Crippen molar-refractivity contribution >= 4 is 17.3 Å². The smallest absolute Gasteiger partial charge is 0.294 e. The zero-order chi connectivity index (χ0) is 39.1. The molecule has 0 spiro atoms. The van der Waals surface area contributed by atoms with Crippen molar-refractivity contribution in [2.75, 3.05) is 82.7 Å². The van der Waals surface area contributed by atoms with Gasteiger partial charge >= 0.3 is 0 Å². The Balaban J connectivity index is 1.08. The first-order chi connectivity index (χ1) is 27.4. The normalized spacial score (nSPS) is 15.2. The monoisotopic (exact) mass is 770 g/mol. The highest BCUT2D eigenvalue weighted by atomic mass is 16.9. The van der Waals surface area contributed by atoms with Crippen LogP contribution < -0.4 is 24.0 Å². The minimum absolute atomic E-state index is 0.00475. The molecule has 1 fully saturated rings. The van der Waals surface area contributed by atoms with E-state index in [2.05, 4.69) is 14.6 Å². The standard InChI is InChI=1S/C42H50N4O10/c1-51-22-4-18-43-21-25-54-41-17-16-38(27-39(41)43)55-31-36-28-44(42(48)26-32-8-10-33(11-9-32)29-56-46(49)50)19-20-45(36)35-12-14-37(15-13-35)53-24-5-23-52-30-34-6-2-3-7-40(34)47/h2-3,6-17,27,36,47H,4-5,18-26,28-31H2,1H3. The van der Waals surface area contributed by atoms with Crippen molar-refractivity contribution < 1.29 is 43.5 Å². The molecule has 0 bridgehead atoms. The highest BCUT2D eigenvalue weighted by Crippen LogP contribution is 2.35. The minimum Gasteiger partial charge on any atom is -0.508 e. The molecule has 0 aromatic heterocycles. The van der Waals surface area contributed by atoms with Gasteiger partial charge < -0.3 is 48.3 Å². The third kappa shape index (κ3) is 11.4. The van der Waals surface area contributed by atoms with Crippen molar-refractivity contribution in [3.63, 3.8) is 0 Å². The van der Waals surface area contributed by atoms with E-state index in [0.717, 1.165) is 59.3 Å². The van der Waals surface area contributed by atoms with Gasteiger partial charge in [0.1, 0.15) is 42.8 Å². The van der Waals surface area contributed by atoms with Crippen molar-refractivity contribution in [2.24, 2.45) is 0 Å². The number of anilines is 2. The number of carbonyl (C=O) groups excluding carboxylic acids is 1. The molecule has 56 heavy (non-hydrogen) atoms. The number of aromatic hydroxyl groups is 1. The Morgan fingerprint density at radius 3 is 2.45 bits per heavy atom. The molecule has 2 heterocycles. The van der Waals surface area contributed by atoms with Crippen molar-refractivity contribution in [2.45, 2.75) is 38.5 Å². The molecular formula is C42H50N4O10. The molecule has 14 nitrogen and oxygen atoms in total. The van der Waals surface area contributed by atoms with E-state index in [1.165, 1.54) is 0 Å². The summed E-state index contributed by atoms with van der Waals surface area (Å²) < 4.78 is 29.4. The molecule has 298 valence electrons. The molecule has 1 amide bonds. The topological polar surface area (TPSA) is 146 Å². The lowest BCUT2D eigenvalue weighted by molar-refractivity contribution is -0.763. The van der Waals surface area contributed by atoms with Crippen LogP contribution in [0.2, 0.25) is 0 Å². The molecule has 14 heteroatoms. The first-order valence-corrected chi connectivity index (χ1v) is 19.0. The summed E-state index contributed by atoms with van der Waals surface area (Å²) in [6.45, 7) is 6.10. The Kier molecular flexibility index (Phi) is 14.5. The van der Waals surface area contributed by atoms with Crippen LogP contribution >= 0.6 is 0 Å². The SMILES string of the molecule is COCCCN1CCOc2ccc(OCC3CN(C(=O)Cc4ccc(CO[N+](=O)[O-])cc4)CCN3c3ccc(OCCCOCc4ccccc4O)cc3)cc21. The quantitative estimate of drug-likeness (QED) is 0.0673. The molecule has 0 radical (unpaired) electrons. The largest absolute Gasteiger partial charge is 0.508 e. The Hall–Kier alpha value is -5.73. The van der Waals surface area contributed by atoms with Gasteiger partial charge in [-0.15, -0.1) is 10.1 Å². The van der Waals surface area contributed by atoms with Gasteiger partial charge in [0.25, 0.3) is 5.09 Å². The molecule has 0 aliphatic carbocycles. The van der Waals surface area contributed by atoms with Gasteiger partial charge in [-0.05, 0) is 60.0 Å². The lowest BCUT2D eigenvalue weighted by Crippen LogP contribution is -2.57. The zero-order valence-electron chi connectivity index (χ0n) is 31.8. The summed E-state index contributed by atoms with van der Waals surface area (Å²) in [7, 11) is 1.71. The second kappa shape index (κ2) is 20.3. The number of phenolic OH excluding ortho intramolecular Hbond substituents is 1. The summed E-state index contributed by atoms with van der Waals surface area (Å²) >= 11 is 0. The second-order valence-electron chi connectivity index (χ2n) is 13.7. The highest BCUT2D eigenvalue weighted by molar-refractivity contribution is 5.79. The van der Waals surface area contributed by atoms with Gasteiger partial charge in [-0.2, -0.15) is 0 Å². The van der Waals surface area contributed by atoms with Crippen molar-refractivity contribution in [1.29, 1.82) is 0 Å². The molecule has 4 aromatic rings. The van der Waals surface area contributed by atoms with E-state index in [9.17, 15) is 20.0 Å². The fraction of sp³-hybridized carbons (Fsp3) is 0.405. The summed E-state index contributed by atoms with van der Waals surface area (Å²) in [6.07, 6.45) is 1.81. The van der Waals surface area contributed by atoms with Gasteiger partial charge in [-0.25, -0.2) is 0 Å². The van der Waals surface area contributed by atoms with Gasteiger partial charge in [0.05, 0.1) is 44.5 Å². The maximum absolute atomic E-state index is 13.6. The number of fused-ring (bicyclic) bond motifs is 1. The highest BCUT2D eigenvalue weighted by Gasteiger charge is 2.31. The van der Waals surface area contributed by atoms with Gasteiger partial charge in [-0.3, -0.25) is 4.79 Å². The van der Waals surface area contributed by atoms with Gasteiger partial charge in [0.2, 0.25) is 5.91 Å². The van der Waals surface area contributed by atoms with E-state index >= 15 is 0 Å². The van der Waals surface area contributed by atoms with Gasteiger partial charge in [0, 0.05) is 63.6 Å². The number of methoxy groups -OCH3 is 1. The van der Waals surface area contributed by atoms with Crippen molar-refractivity contribution in [3.05, 3.63) is 118 Å². The summed E-state index contributed by atoms with van der Waals surface area (Å²) in [5, 5.41) is 19.7. The Morgan fingerprint density at radius 2 is 1.66 bits per heavy atom. The summed E-state index contributed by atoms with van der Waals surface area (Å²) in [5.41, 5.74) is 4.22. The van der Waals surface area contributed by atoms with Crippen LogP contribution in [-0.4, -0.2) is 99.9 Å². The Bertz CT molecular complexity index is 1860. The number of nitrogens with zero attached hydrogens (tertiary/aromatic N) is 4. The molecule has 1 N–H and O–H groups in total. The average molecular weight is 771 g/mol. The number of hydrogen-bond donors (Lipinski definition) is 1. The van der Waals surface area contributed by atoms with Gasteiger partial charge in [0.15, 0.2) is 0 Å². The van der Waals surface area contributed by atoms with Crippen LogP contribution in [0.5, 0.6) is 23.0 Å². The van der Waals surface area contributed by atoms with E-state index in [1.807, 2.05) is 59.5 Å². The molecule has 6 rings (SSSR count). The number of para-hydroxylation sites is 1. The number of ether oxygens (including phenoxy) is 5. The average Bonchev–Trinajstić information content (AvgIpc) is 3.22. The van der Waals surface area contributed by atoms with Crippen LogP contribution in [0.3, 0.4) is 0 Å². The van der Waals surface area contributed by atoms with Crippen LogP contribution in [0, 0.1) is 10.1 Å². The van der Waals surface area contributed by atoms with Crippen LogP contribution in [0.25, 0.3) is 0 Å². The summed E-state index contributed by atoms with van der Waals surface area (Å²) in [5.74, 6) is 2.53. The van der Waals surface area contributed by atoms with Crippen LogP contribution in [-0.2, 0) is 38.7 Å². The Morgan fingerprint density at radius 1 is 0.875 bits per heavy atom. The molecular weight excluding hydrogens is 720 g/mol. The number of phenols is 1. The van der Waals surface area contributed by atoms with Crippen LogP contribution in [0.1, 0.15) is 29.5 Å². The number of piperazine rings is 1. The number of carbonyl (C=O) groups is 1. The number of amides is 1. The second-order valence-corrected chi connectivity index (χ2v) is 13.7. The molecule has 1 atom stereocenters. The van der Waals surface area contributed by atoms with Crippen molar-refractivity contribution in [3.8, 4) is 23.0 Å². The zero-order valence-corrected chi connectivity index (χ0v) is 31.8. The number of benzene rings is 4. The van der Waals surface area contributed by atoms with E-state index in [0.29, 0.717) is 71.3 Å². The summed E-state index contributed by atoms with van der Waals surface area (Å²) in [6, 6.07) is 28.0. The first-order valence-electron chi connectivity index (χ1n) is 19.0. The van der Waals surface area contributed by atoms with Gasteiger partial charge in [-0.1, -0.05) is 42.5 Å². The molecule has 2 aliphatic rings. The molecule has 4 aromatic carbocycles. The fourth-order valence-corrected chi connectivity index (χ4v) is 6.80. The fourth-order valence-electron chi connectivity index (χ4n) is 6.80. The predicted octanol–water partition coefficient (Wildman–Crippen LogP) is 5.66. The van der Waals surface area contributed by atoms with Crippen molar-refractivity contribution in [1.82, 2.24) is 4.90 Å². The predicted molar refractivity (Wildman–Crippen MR) is 210 cm³/mol. The van der Waals surface area contributed by atoms with Crippen LogP contribution in [0.4, 0.5) is 11.4 Å². The molecule has 0 saturated carbocycles. The maximum atomic E-state index is 13.6. The van der Waals surface area contributed by atoms with E-state index in [4.69, 9.17) is 23.7 Å². The van der Waals surface area contributed by atoms with Crippen LogP contribution in [0.15, 0.2) is 91.0 Å². The third-order valence-corrected chi connectivity index (χ3v) is 9.78. The first kappa shape index (κ1) is 39.9. The molecule has 1 saturated heterocycles. The number of hydrogen-bond acceptors (Lipinski definition) is 12. The third-order valence-electron chi connectivity index (χ3n) is 9.78. The number of rotatable bonds is 20. The Labute approximate surface area is 327 Å². The van der Waals surface area contributed by atoms with E-state index in [-0.39, 0.29) is 30.7 Å². The lowest BCUT2D eigenvalue weighted by atomic mass is 10.1. The maximum Gasteiger partial charge on any atom is 0.294 e. The van der Waals surface area contributed by atoms with E-state index in [1.54, 1.807) is 43.5 Å². The lowest BCUT2D eigenvalue weighted by Gasteiger charge is -2.42. The molecule has 2 aliphatic heterocycles. The molecule has 1 unspecified atom stereocenters. The summed E-state index contributed by atoms with van der Waals surface area (Å²) in [4.78, 5) is 35.1. The minimum atomic E-state index is -0.820.